The van der Waals surface area contributed by atoms with Gasteiger partial charge in [-0.15, -0.1) is 0 Å². The average molecular weight is 548 g/mol. The zero-order valence-corrected chi connectivity index (χ0v) is 23.4. The summed E-state index contributed by atoms with van der Waals surface area (Å²) in [6, 6.07) is 10.7. The van der Waals surface area contributed by atoms with E-state index in [1.165, 1.54) is 32.7 Å². The molecule has 1 aliphatic heterocycles. The third-order valence-corrected chi connectivity index (χ3v) is 7.72. The molecule has 2 aromatic heterocycles. The molecule has 0 fully saturated rings. The van der Waals surface area contributed by atoms with Crippen molar-refractivity contribution in [3.63, 3.8) is 0 Å². The highest BCUT2D eigenvalue weighted by Crippen LogP contribution is 2.42. The van der Waals surface area contributed by atoms with Crippen molar-refractivity contribution >= 4 is 34.3 Å². The molecule has 1 aliphatic rings. The van der Waals surface area contributed by atoms with Gasteiger partial charge in [-0.1, -0.05) is 29.5 Å². The number of carbonyl (C=O) groups is 1. The summed E-state index contributed by atoms with van der Waals surface area (Å²) in [6.45, 7) is 3.67. The number of nitrogens with zero attached hydrogens (tertiary/aromatic N) is 3. The van der Waals surface area contributed by atoms with Crippen molar-refractivity contribution in [3.8, 4) is 17.2 Å². The van der Waals surface area contributed by atoms with Gasteiger partial charge in [0, 0.05) is 29.7 Å². The van der Waals surface area contributed by atoms with Gasteiger partial charge < -0.3 is 23.5 Å². The van der Waals surface area contributed by atoms with Gasteiger partial charge in [0.25, 0.3) is 5.56 Å². The number of carbonyl (C=O) groups excluding carboxylic acids is 1. The van der Waals surface area contributed by atoms with E-state index in [0.717, 1.165) is 16.5 Å². The molecular weight excluding hydrogens is 518 g/mol. The van der Waals surface area contributed by atoms with Gasteiger partial charge in [-0.2, -0.15) is 0 Å². The van der Waals surface area contributed by atoms with Crippen LogP contribution in [0.2, 0.25) is 0 Å². The average Bonchev–Trinajstić information content (AvgIpc) is 3.42. The molecule has 3 heterocycles. The minimum atomic E-state index is -0.816. The molecule has 4 aromatic rings. The predicted octanol–water partition coefficient (Wildman–Crippen LogP) is 3.32. The number of esters is 1. The summed E-state index contributed by atoms with van der Waals surface area (Å²) in [6.07, 6.45) is 3.87. The molecule has 2 aromatic carbocycles. The number of allylic oxidation sites excluding steroid dienone is 1. The molecule has 0 radical (unpaired) electrons. The Morgan fingerprint density at radius 3 is 2.44 bits per heavy atom. The van der Waals surface area contributed by atoms with Crippen molar-refractivity contribution in [3.05, 3.63) is 84.7 Å². The first-order chi connectivity index (χ1) is 18.8. The number of thiazole rings is 1. The highest BCUT2D eigenvalue weighted by molar-refractivity contribution is 7.07. The Morgan fingerprint density at radius 1 is 1.10 bits per heavy atom. The predicted molar refractivity (Wildman–Crippen MR) is 149 cm³/mol. The third-order valence-electron chi connectivity index (χ3n) is 6.73. The summed E-state index contributed by atoms with van der Waals surface area (Å²) >= 11 is 1.28. The number of aryl methyl sites for hydroxylation is 1. The van der Waals surface area contributed by atoms with E-state index in [1.54, 1.807) is 30.5 Å². The molecule has 202 valence electrons. The second kappa shape index (κ2) is 10.5. The maximum Gasteiger partial charge on any atom is 0.338 e. The molecule has 1 unspecified atom stereocenters. The molecule has 0 saturated heterocycles. The van der Waals surface area contributed by atoms with E-state index in [1.807, 2.05) is 48.2 Å². The number of benzene rings is 2. The van der Waals surface area contributed by atoms with Crippen LogP contribution in [0.4, 0.5) is 0 Å². The van der Waals surface area contributed by atoms with Crippen LogP contribution in [0.25, 0.3) is 17.0 Å². The number of methoxy groups -OCH3 is 3. The van der Waals surface area contributed by atoms with Gasteiger partial charge in [-0.25, -0.2) is 9.79 Å². The molecule has 0 bridgehead atoms. The van der Waals surface area contributed by atoms with Crippen LogP contribution in [-0.2, 0) is 16.6 Å². The summed E-state index contributed by atoms with van der Waals surface area (Å²) in [4.78, 5) is 32.4. The van der Waals surface area contributed by atoms with Crippen molar-refractivity contribution < 1.29 is 23.7 Å². The molecule has 0 N–H and O–H groups in total. The second-order valence-electron chi connectivity index (χ2n) is 8.97. The molecule has 0 amide bonds. The number of aromatic nitrogens is 2. The van der Waals surface area contributed by atoms with Gasteiger partial charge in [-0.05, 0) is 43.7 Å². The first kappa shape index (κ1) is 26.3. The molecule has 10 heteroatoms. The van der Waals surface area contributed by atoms with Gasteiger partial charge in [0.15, 0.2) is 16.3 Å². The number of para-hydroxylation sites is 1. The fourth-order valence-corrected chi connectivity index (χ4v) is 6.03. The van der Waals surface area contributed by atoms with Gasteiger partial charge in [0.2, 0.25) is 5.75 Å². The lowest BCUT2D eigenvalue weighted by atomic mass is 9.95. The van der Waals surface area contributed by atoms with Crippen LogP contribution in [-0.4, -0.2) is 43.0 Å². The number of hydrogen-bond donors (Lipinski definition) is 0. The van der Waals surface area contributed by atoms with E-state index in [4.69, 9.17) is 18.9 Å². The smallest absolute Gasteiger partial charge is 0.338 e. The van der Waals surface area contributed by atoms with Crippen molar-refractivity contribution in [2.24, 2.45) is 12.0 Å². The molecule has 9 nitrogen and oxygen atoms in total. The minimum absolute atomic E-state index is 0.184. The van der Waals surface area contributed by atoms with Crippen molar-refractivity contribution in [2.45, 2.75) is 19.9 Å². The lowest BCUT2D eigenvalue weighted by molar-refractivity contribution is -0.139. The Bertz CT molecular complexity index is 1790. The van der Waals surface area contributed by atoms with E-state index < -0.39 is 12.0 Å². The molecular formula is C29H29N3O6S. The Morgan fingerprint density at radius 2 is 1.79 bits per heavy atom. The Hall–Kier alpha value is -4.31. The maximum atomic E-state index is 14.0. The van der Waals surface area contributed by atoms with E-state index in [9.17, 15) is 9.59 Å². The van der Waals surface area contributed by atoms with Crippen molar-refractivity contribution in [2.75, 3.05) is 27.9 Å². The first-order valence-electron chi connectivity index (χ1n) is 12.4. The standard InChI is InChI=1S/C29H29N3O6S/c1-7-38-28(34)24-16(2)30-29-32(25(24)17-12-21(35-4)26(37-6)22(13-17)36-5)27(33)23(39-29)14-18-15-31(3)20-11-9-8-10-19(18)20/h8-15,25H,7H2,1-6H3/b23-14+. The summed E-state index contributed by atoms with van der Waals surface area (Å²) in [5, 5.41) is 1.04. The summed E-state index contributed by atoms with van der Waals surface area (Å²) in [5.74, 6) is 0.677. The fraction of sp³-hybridized carbons (Fsp3) is 0.276. The van der Waals surface area contributed by atoms with E-state index in [0.29, 0.717) is 37.8 Å². The molecule has 0 aliphatic carbocycles. The van der Waals surface area contributed by atoms with Crippen molar-refractivity contribution in [1.29, 1.82) is 0 Å². The lowest BCUT2D eigenvalue weighted by Gasteiger charge is -2.26. The highest BCUT2D eigenvalue weighted by Gasteiger charge is 2.34. The summed E-state index contributed by atoms with van der Waals surface area (Å²) in [7, 11) is 6.53. The number of ether oxygens (including phenoxy) is 4. The lowest BCUT2D eigenvalue weighted by Crippen LogP contribution is -2.40. The zero-order valence-electron chi connectivity index (χ0n) is 22.6. The normalized spacial score (nSPS) is 15.2. The highest BCUT2D eigenvalue weighted by atomic mass is 32.1. The van der Waals surface area contributed by atoms with E-state index in [-0.39, 0.29) is 17.7 Å². The van der Waals surface area contributed by atoms with Gasteiger partial charge in [0.05, 0.1) is 49.8 Å². The third kappa shape index (κ3) is 4.40. The van der Waals surface area contributed by atoms with E-state index >= 15 is 0 Å². The Labute approximate surface area is 228 Å². The van der Waals surface area contributed by atoms with E-state index in [2.05, 4.69) is 4.99 Å². The quantitative estimate of drug-likeness (QED) is 0.330. The number of rotatable bonds is 7. The topological polar surface area (TPSA) is 93.3 Å². The van der Waals surface area contributed by atoms with Gasteiger partial charge >= 0.3 is 5.97 Å². The van der Waals surface area contributed by atoms with Crippen LogP contribution >= 0.6 is 11.3 Å². The van der Waals surface area contributed by atoms with Crippen LogP contribution in [0.1, 0.15) is 31.0 Å². The summed E-state index contributed by atoms with van der Waals surface area (Å²) < 4.78 is 26.1. The molecule has 1 atom stereocenters. The SMILES string of the molecule is CCOC(=O)C1=C(C)N=c2s/c(=C/c3cn(C)c4ccccc34)c(=O)n2C1c1cc(OC)c(OC)c(OC)c1. The largest absolute Gasteiger partial charge is 0.493 e. The van der Waals surface area contributed by atoms with Gasteiger partial charge in [-0.3, -0.25) is 9.36 Å². The fourth-order valence-electron chi connectivity index (χ4n) is 5.00. The second-order valence-corrected chi connectivity index (χ2v) is 9.98. The van der Waals surface area contributed by atoms with Gasteiger partial charge in [0.1, 0.15) is 0 Å². The first-order valence-corrected chi connectivity index (χ1v) is 13.2. The van der Waals surface area contributed by atoms with Crippen LogP contribution in [0, 0.1) is 0 Å². The van der Waals surface area contributed by atoms with Crippen molar-refractivity contribution in [1.82, 2.24) is 9.13 Å². The molecule has 0 saturated carbocycles. The van der Waals surface area contributed by atoms with Crippen LogP contribution in [0.15, 0.2) is 63.7 Å². The minimum Gasteiger partial charge on any atom is -0.493 e. The zero-order chi connectivity index (χ0) is 27.8. The Kier molecular flexibility index (Phi) is 7.05. The monoisotopic (exact) mass is 547 g/mol. The molecule has 5 rings (SSSR count). The number of fused-ring (bicyclic) bond motifs is 2. The number of hydrogen-bond acceptors (Lipinski definition) is 8. The van der Waals surface area contributed by atoms with Crippen LogP contribution in [0.3, 0.4) is 0 Å². The van der Waals surface area contributed by atoms with Crippen LogP contribution in [0.5, 0.6) is 17.2 Å². The van der Waals surface area contributed by atoms with Crippen LogP contribution < -0.4 is 29.1 Å². The maximum absolute atomic E-state index is 14.0. The summed E-state index contributed by atoms with van der Waals surface area (Å²) in [5.41, 5.74) is 3.07. The Balaban J connectivity index is 1.79. The molecule has 0 spiro atoms. The molecule has 39 heavy (non-hydrogen) atoms.